The second-order valence-electron chi connectivity index (χ2n) is 4.40. The summed E-state index contributed by atoms with van der Waals surface area (Å²) in [6.07, 6.45) is -0.149. The van der Waals surface area contributed by atoms with Gasteiger partial charge in [0.25, 0.3) is 0 Å². The van der Waals surface area contributed by atoms with Gasteiger partial charge in [-0.05, 0) is 24.6 Å². The number of halogens is 1. The van der Waals surface area contributed by atoms with Crippen LogP contribution in [0.1, 0.15) is 16.8 Å². The van der Waals surface area contributed by atoms with Crippen molar-refractivity contribution in [2.75, 3.05) is 11.9 Å². The molecule has 7 heteroatoms. The number of carbonyl (C=O) groups excluding carboxylic acids is 2. The Morgan fingerprint density at radius 1 is 1.47 bits per heavy atom. The molecule has 1 fully saturated rings. The van der Waals surface area contributed by atoms with E-state index in [0.29, 0.717) is 18.7 Å². The van der Waals surface area contributed by atoms with Crippen molar-refractivity contribution in [3.8, 4) is 0 Å². The first kappa shape index (κ1) is 13.8. The fourth-order valence-corrected chi connectivity index (χ4v) is 2.15. The molecular weight excluding hydrogens is 270 g/mol. The second kappa shape index (κ2) is 5.56. The molecule has 1 aliphatic rings. The van der Waals surface area contributed by atoms with Gasteiger partial charge in [-0.1, -0.05) is 11.6 Å². The highest BCUT2D eigenvalue weighted by Crippen LogP contribution is 2.20. The first-order valence-corrected chi connectivity index (χ1v) is 6.17. The van der Waals surface area contributed by atoms with Gasteiger partial charge in [0.05, 0.1) is 22.7 Å². The molecule has 6 nitrogen and oxygen atoms in total. The molecule has 19 heavy (non-hydrogen) atoms. The predicted molar refractivity (Wildman–Crippen MR) is 71.0 cm³/mol. The summed E-state index contributed by atoms with van der Waals surface area (Å²) in [4.78, 5) is 23.0. The third-order valence-electron chi connectivity index (χ3n) is 2.92. The minimum absolute atomic E-state index is 0.152. The maximum Gasteiger partial charge on any atom is 0.250 e. The normalized spacial score (nSPS) is 22.2. The Balaban J connectivity index is 2.09. The van der Waals surface area contributed by atoms with Crippen LogP contribution in [-0.2, 0) is 4.79 Å². The van der Waals surface area contributed by atoms with Crippen LogP contribution in [0.2, 0.25) is 5.02 Å². The Kier molecular flexibility index (Phi) is 4.04. The van der Waals surface area contributed by atoms with E-state index in [-0.39, 0.29) is 16.5 Å². The fourth-order valence-electron chi connectivity index (χ4n) is 1.94. The van der Waals surface area contributed by atoms with E-state index in [1.165, 1.54) is 12.1 Å². The van der Waals surface area contributed by atoms with Gasteiger partial charge in [-0.25, -0.2) is 0 Å². The van der Waals surface area contributed by atoms with Crippen molar-refractivity contribution in [3.05, 3.63) is 28.8 Å². The summed E-state index contributed by atoms with van der Waals surface area (Å²) in [6.45, 7) is 0.394. The van der Waals surface area contributed by atoms with Crippen LogP contribution in [0.5, 0.6) is 0 Å². The zero-order valence-corrected chi connectivity index (χ0v) is 10.8. The molecule has 0 radical (unpaired) electrons. The number of hydrogen-bond acceptors (Lipinski definition) is 4. The van der Waals surface area contributed by atoms with Crippen LogP contribution >= 0.6 is 11.6 Å². The smallest absolute Gasteiger partial charge is 0.250 e. The molecule has 1 aromatic rings. The Labute approximate surface area is 114 Å². The maximum atomic E-state index is 11.9. The predicted octanol–water partition coefficient (Wildman–Crippen LogP) is 0.100. The second-order valence-corrected chi connectivity index (χ2v) is 4.81. The molecule has 102 valence electrons. The van der Waals surface area contributed by atoms with Crippen LogP contribution in [0.3, 0.4) is 0 Å². The number of rotatable bonds is 3. The van der Waals surface area contributed by atoms with Crippen LogP contribution in [-0.4, -0.2) is 35.6 Å². The Morgan fingerprint density at radius 3 is 2.79 bits per heavy atom. The van der Waals surface area contributed by atoms with E-state index in [4.69, 9.17) is 17.3 Å². The Morgan fingerprint density at radius 2 is 2.21 bits per heavy atom. The zero-order chi connectivity index (χ0) is 14.0. The van der Waals surface area contributed by atoms with Crippen molar-refractivity contribution < 1.29 is 14.7 Å². The molecule has 1 heterocycles. The summed E-state index contributed by atoms with van der Waals surface area (Å²) in [5, 5.41) is 15.1. The minimum Gasteiger partial charge on any atom is -0.392 e. The molecule has 5 N–H and O–H groups in total. The minimum atomic E-state index is -0.657. The van der Waals surface area contributed by atoms with Gasteiger partial charge in [0.1, 0.15) is 0 Å². The highest BCUT2D eigenvalue weighted by molar-refractivity contribution is 6.34. The van der Waals surface area contributed by atoms with Gasteiger partial charge in [-0.15, -0.1) is 0 Å². The third kappa shape index (κ3) is 3.23. The lowest BCUT2D eigenvalue weighted by molar-refractivity contribution is -0.117. The van der Waals surface area contributed by atoms with E-state index >= 15 is 0 Å². The van der Waals surface area contributed by atoms with Gasteiger partial charge >= 0.3 is 0 Å². The van der Waals surface area contributed by atoms with Crippen LogP contribution in [0, 0.1) is 0 Å². The molecule has 2 rings (SSSR count). The number of anilines is 1. The molecule has 0 saturated carbocycles. The maximum absolute atomic E-state index is 11.9. The first-order chi connectivity index (χ1) is 8.97. The summed E-state index contributed by atoms with van der Waals surface area (Å²) in [6, 6.07) is 4.06. The van der Waals surface area contributed by atoms with Crippen molar-refractivity contribution >= 4 is 29.1 Å². The third-order valence-corrected chi connectivity index (χ3v) is 3.25. The quantitative estimate of drug-likeness (QED) is 0.631. The van der Waals surface area contributed by atoms with Crippen molar-refractivity contribution in [1.29, 1.82) is 0 Å². The van der Waals surface area contributed by atoms with Gasteiger partial charge in [-0.3, -0.25) is 9.59 Å². The molecule has 1 aliphatic heterocycles. The summed E-state index contributed by atoms with van der Waals surface area (Å²) < 4.78 is 0. The molecule has 0 spiro atoms. The SMILES string of the molecule is NC(=O)c1cc(NC(=O)C2CC(O)CN2)ccc1Cl. The molecular formula is C12H14ClN3O3. The van der Waals surface area contributed by atoms with Crippen molar-refractivity contribution in [1.82, 2.24) is 5.32 Å². The van der Waals surface area contributed by atoms with Crippen LogP contribution in [0.4, 0.5) is 5.69 Å². The number of nitrogens with one attached hydrogen (secondary N) is 2. The number of carbonyl (C=O) groups is 2. The van der Waals surface area contributed by atoms with Crippen molar-refractivity contribution in [2.24, 2.45) is 5.73 Å². The average molecular weight is 284 g/mol. The van der Waals surface area contributed by atoms with Crippen LogP contribution in [0.15, 0.2) is 18.2 Å². The van der Waals surface area contributed by atoms with Gasteiger partial charge < -0.3 is 21.5 Å². The Bertz CT molecular complexity index is 521. The number of β-amino-alcohol motifs (C(OH)–C–C–N with tert-alkyl or cyclic N) is 1. The van der Waals surface area contributed by atoms with Crippen molar-refractivity contribution in [3.63, 3.8) is 0 Å². The number of aliphatic hydroxyl groups excluding tert-OH is 1. The number of aliphatic hydroxyl groups is 1. The Hall–Kier alpha value is -1.63. The molecule has 1 saturated heterocycles. The fraction of sp³-hybridized carbons (Fsp3) is 0.333. The molecule has 2 amide bonds. The monoisotopic (exact) mass is 283 g/mol. The van der Waals surface area contributed by atoms with E-state index in [1.54, 1.807) is 6.07 Å². The summed E-state index contributed by atoms with van der Waals surface area (Å²) in [5.41, 5.74) is 5.76. The lowest BCUT2D eigenvalue weighted by Crippen LogP contribution is -2.35. The van der Waals surface area contributed by atoms with E-state index in [9.17, 15) is 14.7 Å². The number of amides is 2. The van der Waals surface area contributed by atoms with E-state index in [1.807, 2.05) is 0 Å². The first-order valence-electron chi connectivity index (χ1n) is 5.79. The van der Waals surface area contributed by atoms with E-state index in [2.05, 4.69) is 10.6 Å². The zero-order valence-electron chi connectivity index (χ0n) is 10.0. The highest BCUT2D eigenvalue weighted by Gasteiger charge is 2.28. The largest absolute Gasteiger partial charge is 0.392 e. The molecule has 2 unspecified atom stereocenters. The topological polar surface area (TPSA) is 104 Å². The van der Waals surface area contributed by atoms with Gasteiger partial charge in [0, 0.05) is 12.2 Å². The molecule has 0 aromatic heterocycles. The van der Waals surface area contributed by atoms with Gasteiger partial charge in [0.15, 0.2) is 0 Å². The van der Waals surface area contributed by atoms with Crippen LogP contribution in [0.25, 0.3) is 0 Å². The molecule has 1 aromatic carbocycles. The molecule has 0 bridgehead atoms. The summed E-state index contributed by atoms with van der Waals surface area (Å²) >= 11 is 5.82. The lowest BCUT2D eigenvalue weighted by Gasteiger charge is -2.12. The summed E-state index contributed by atoms with van der Waals surface area (Å²) in [5.74, 6) is -0.926. The van der Waals surface area contributed by atoms with Crippen molar-refractivity contribution in [2.45, 2.75) is 18.6 Å². The number of benzene rings is 1. The number of nitrogens with two attached hydrogens (primary N) is 1. The standard InChI is InChI=1S/C12H14ClN3O3/c13-9-2-1-6(3-8(9)11(14)18)16-12(19)10-4-7(17)5-15-10/h1-3,7,10,15,17H,4-5H2,(H2,14,18)(H,16,19). The number of primary amides is 1. The van der Waals surface area contributed by atoms with E-state index in [0.717, 1.165) is 0 Å². The molecule has 2 atom stereocenters. The summed E-state index contributed by atoms with van der Waals surface area (Å²) in [7, 11) is 0. The van der Waals surface area contributed by atoms with Gasteiger partial charge in [-0.2, -0.15) is 0 Å². The molecule has 0 aliphatic carbocycles. The number of hydrogen-bond donors (Lipinski definition) is 4. The highest BCUT2D eigenvalue weighted by atomic mass is 35.5. The average Bonchev–Trinajstić information content (AvgIpc) is 2.78. The van der Waals surface area contributed by atoms with Crippen LogP contribution < -0.4 is 16.4 Å². The lowest BCUT2D eigenvalue weighted by atomic mass is 10.1. The van der Waals surface area contributed by atoms with Gasteiger partial charge in [0.2, 0.25) is 11.8 Å². The van der Waals surface area contributed by atoms with E-state index < -0.39 is 18.1 Å².